The number of rotatable bonds is 10. The Morgan fingerprint density at radius 3 is 2.53 bits per heavy atom. The molecule has 0 aromatic rings. The second-order valence-corrected chi connectivity index (χ2v) is 7.99. The van der Waals surface area contributed by atoms with Gasteiger partial charge in [0.25, 0.3) is 0 Å². The Balaban J connectivity index is 2.17. The lowest BCUT2D eigenvalue weighted by atomic mass is 9.77. The van der Waals surface area contributed by atoms with Gasteiger partial charge in [-0.1, -0.05) is 6.92 Å². The van der Waals surface area contributed by atoms with E-state index in [2.05, 4.69) is 5.32 Å². The summed E-state index contributed by atoms with van der Waals surface area (Å²) in [5.41, 5.74) is 0. The van der Waals surface area contributed by atoms with Gasteiger partial charge in [0, 0.05) is 18.4 Å². The molecule has 1 aliphatic carbocycles. The van der Waals surface area contributed by atoms with Gasteiger partial charge in [0.05, 0.1) is 11.9 Å². The van der Waals surface area contributed by atoms with Crippen LogP contribution in [0.1, 0.15) is 46.0 Å². The Morgan fingerprint density at radius 1 is 1.32 bits per heavy atom. The summed E-state index contributed by atoms with van der Waals surface area (Å²) < 4.78 is 28.4. The molecule has 0 saturated heterocycles. The summed E-state index contributed by atoms with van der Waals surface area (Å²) in [4.78, 5) is 0. The highest BCUT2D eigenvalue weighted by Gasteiger charge is 2.30. The van der Waals surface area contributed by atoms with Crippen LogP contribution in [0, 0.1) is 5.92 Å². The van der Waals surface area contributed by atoms with Gasteiger partial charge in [0.15, 0.2) is 0 Å². The maximum atomic E-state index is 11.4. The summed E-state index contributed by atoms with van der Waals surface area (Å²) in [6.45, 7) is 4.56. The summed E-state index contributed by atoms with van der Waals surface area (Å²) in [5.74, 6) is 1.33. The highest BCUT2D eigenvalue weighted by Crippen LogP contribution is 2.34. The van der Waals surface area contributed by atoms with Crippen molar-refractivity contribution in [3.63, 3.8) is 0 Å². The minimum atomic E-state index is -2.81. The third kappa shape index (κ3) is 6.23. The monoisotopic (exact) mass is 291 g/mol. The summed E-state index contributed by atoms with van der Waals surface area (Å²) in [6, 6.07) is 0.444. The molecular weight excluding hydrogens is 262 g/mol. The van der Waals surface area contributed by atoms with Crippen molar-refractivity contribution < 1.29 is 13.2 Å². The van der Waals surface area contributed by atoms with Crippen molar-refractivity contribution in [1.29, 1.82) is 0 Å². The second-order valence-electron chi connectivity index (χ2n) is 5.51. The SMILES string of the molecule is CCOC1CC(CC(CCCS(=O)(=O)CC)NC)C1. The van der Waals surface area contributed by atoms with Crippen molar-refractivity contribution >= 4 is 9.84 Å². The van der Waals surface area contributed by atoms with Gasteiger partial charge in [-0.25, -0.2) is 8.42 Å². The summed E-state index contributed by atoms with van der Waals surface area (Å²) in [6.07, 6.45) is 5.66. The second kappa shape index (κ2) is 8.22. The van der Waals surface area contributed by atoms with Crippen LogP contribution < -0.4 is 5.32 Å². The van der Waals surface area contributed by atoms with E-state index in [0.717, 1.165) is 31.8 Å². The van der Waals surface area contributed by atoms with Gasteiger partial charge in [-0.15, -0.1) is 0 Å². The molecule has 0 bridgehead atoms. The molecule has 0 aromatic heterocycles. The molecule has 1 unspecified atom stereocenters. The maximum absolute atomic E-state index is 11.4. The van der Waals surface area contributed by atoms with Gasteiger partial charge in [0.1, 0.15) is 9.84 Å². The largest absolute Gasteiger partial charge is 0.378 e. The fourth-order valence-electron chi connectivity index (χ4n) is 2.72. The zero-order valence-corrected chi connectivity index (χ0v) is 13.3. The van der Waals surface area contributed by atoms with E-state index < -0.39 is 9.84 Å². The molecule has 1 aliphatic rings. The third-order valence-electron chi connectivity index (χ3n) is 4.07. The topological polar surface area (TPSA) is 55.4 Å². The molecule has 0 aliphatic heterocycles. The molecule has 19 heavy (non-hydrogen) atoms. The van der Waals surface area contributed by atoms with Crippen molar-refractivity contribution in [2.75, 3.05) is 25.2 Å². The van der Waals surface area contributed by atoms with Gasteiger partial charge in [-0.05, 0) is 52.0 Å². The van der Waals surface area contributed by atoms with Crippen LogP contribution in [0.2, 0.25) is 0 Å². The Bertz CT molecular complexity index is 337. The molecule has 0 aromatic carbocycles. The van der Waals surface area contributed by atoms with Crippen LogP contribution >= 0.6 is 0 Å². The van der Waals surface area contributed by atoms with Crippen LogP contribution in [0.3, 0.4) is 0 Å². The lowest BCUT2D eigenvalue weighted by Gasteiger charge is -2.37. The van der Waals surface area contributed by atoms with Gasteiger partial charge in [0.2, 0.25) is 0 Å². The molecule has 114 valence electrons. The lowest BCUT2D eigenvalue weighted by molar-refractivity contribution is -0.0290. The molecule has 1 fully saturated rings. The summed E-state index contributed by atoms with van der Waals surface area (Å²) in [7, 11) is -0.837. The third-order valence-corrected chi connectivity index (χ3v) is 5.86. The van der Waals surface area contributed by atoms with E-state index in [1.165, 1.54) is 12.8 Å². The predicted octanol–water partition coefficient (Wildman–Crippen LogP) is 1.99. The molecule has 0 amide bonds. The standard InChI is InChI=1S/C14H29NO3S/c1-4-18-14-10-12(11-14)9-13(15-3)7-6-8-19(16,17)5-2/h12-15H,4-11H2,1-3H3. The minimum Gasteiger partial charge on any atom is -0.378 e. The Labute approximate surface area is 118 Å². The molecule has 1 rings (SSSR count). The smallest absolute Gasteiger partial charge is 0.150 e. The maximum Gasteiger partial charge on any atom is 0.150 e. The van der Waals surface area contributed by atoms with Crippen LogP contribution in [0.25, 0.3) is 0 Å². The molecular formula is C14H29NO3S. The average Bonchev–Trinajstić information content (AvgIpc) is 2.34. The van der Waals surface area contributed by atoms with Gasteiger partial charge in [-0.3, -0.25) is 0 Å². The zero-order valence-electron chi connectivity index (χ0n) is 12.5. The zero-order chi connectivity index (χ0) is 14.3. The molecule has 1 saturated carbocycles. The van der Waals surface area contributed by atoms with Crippen molar-refractivity contribution in [2.24, 2.45) is 5.92 Å². The highest BCUT2D eigenvalue weighted by atomic mass is 32.2. The predicted molar refractivity (Wildman–Crippen MR) is 79.2 cm³/mol. The first-order chi connectivity index (χ1) is 9.00. The quantitative estimate of drug-likeness (QED) is 0.669. The van der Waals surface area contributed by atoms with E-state index in [9.17, 15) is 8.42 Å². The van der Waals surface area contributed by atoms with Gasteiger partial charge < -0.3 is 10.1 Å². The van der Waals surface area contributed by atoms with Crippen LogP contribution in [0.15, 0.2) is 0 Å². The highest BCUT2D eigenvalue weighted by molar-refractivity contribution is 7.91. The molecule has 0 radical (unpaired) electrons. The number of hydrogen-bond donors (Lipinski definition) is 1. The van der Waals surface area contributed by atoms with E-state index in [-0.39, 0.29) is 5.75 Å². The fraction of sp³-hybridized carbons (Fsp3) is 1.00. The van der Waals surface area contributed by atoms with Crippen molar-refractivity contribution in [3.05, 3.63) is 0 Å². The van der Waals surface area contributed by atoms with Crippen LogP contribution in [0.5, 0.6) is 0 Å². The average molecular weight is 291 g/mol. The van der Waals surface area contributed by atoms with Crippen LogP contribution in [-0.2, 0) is 14.6 Å². The van der Waals surface area contributed by atoms with E-state index >= 15 is 0 Å². The summed E-state index contributed by atoms with van der Waals surface area (Å²) >= 11 is 0. The lowest BCUT2D eigenvalue weighted by Crippen LogP contribution is -2.37. The first kappa shape index (κ1) is 16.9. The van der Waals surface area contributed by atoms with E-state index in [1.54, 1.807) is 6.92 Å². The number of sulfone groups is 1. The fourth-order valence-corrected chi connectivity index (χ4v) is 3.61. The Hall–Kier alpha value is -0.130. The molecule has 0 heterocycles. The van der Waals surface area contributed by atoms with Gasteiger partial charge >= 0.3 is 0 Å². The molecule has 1 N–H and O–H groups in total. The van der Waals surface area contributed by atoms with Crippen LogP contribution in [0.4, 0.5) is 0 Å². The first-order valence-electron chi connectivity index (χ1n) is 7.50. The Morgan fingerprint density at radius 2 is 2.00 bits per heavy atom. The minimum absolute atomic E-state index is 0.260. The number of nitrogens with one attached hydrogen (secondary N) is 1. The number of hydrogen-bond acceptors (Lipinski definition) is 4. The van der Waals surface area contributed by atoms with E-state index in [0.29, 0.717) is 17.9 Å². The molecule has 1 atom stereocenters. The van der Waals surface area contributed by atoms with Crippen molar-refractivity contribution in [1.82, 2.24) is 5.32 Å². The Kier molecular flexibility index (Phi) is 7.32. The van der Waals surface area contributed by atoms with Crippen molar-refractivity contribution in [3.8, 4) is 0 Å². The molecule has 5 heteroatoms. The normalized spacial score (nSPS) is 25.0. The van der Waals surface area contributed by atoms with Gasteiger partial charge in [-0.2, -0.15) is 0 Å². The molecule has 0 spiro atoms. The van der Waals surface area contributed by atoms with E-state index in [4.69, 9.17) is 4.74 Å². The molecule has 4 nitrogen and oxygen atoms in total. The van der Waals surface area contributed by atoms with Crippen molar-refractivity contribution in [2.45, 2.75) is 58.1 Å². The first-order valence-corrected chi connectivity index (χ1v) is 9.32. The van der Waals surface area contributed by atoms with Crippen LogP contribution in [-0.4, -0.2) is 45.7 Å². The van der Waals surface area contributed by atoms with E-state index in [1.807, 2.05) is 14.0 Å². The summed E-state index contributed by atoms with van der Waals surface area (Å²) in [5, 5.41) is 3.32. The number of ether oxygens (including phenoxy) is 1.